The van der Waals surface area contributed by atoms with E-state index in [4.69, 9.17) is 0 Å². The third-order valence-electron chi connectivity index (χ3n) is 5.80. The Kier molecular flexibility index (Phi) is 6.90. The number of aryl methyl sites for hydroxylation is 1. The van der Waals surface area contributed by atoms with Crippen molar-refractivity contribution in [3.63, 3.8) is 0 Å². The Morgan fingerprint density at radius 2 is 1.75 bits per heavy atom. The molecule has 2 saturated heterocycles. The van der Waals surface area contributed by atoms with E-state index in [1.165, 1.54) is 23.4 Å². The van der Waals surface area contributed by atoms with Gasteiger partial charge in [-0.2, -0.15) is 13.2 Å². The van der Waals surface area contributed by atoms with Crippen molar-refractivity contribution in [2.24, 2.45) is 11.8 Å². The van der Waals surface area contributed by atoms with Gasteiger partial charge in [-0.3, -0.25) is 4.90 Å². The van der Waals surface area contributed by atoms with Crippen LogP contribution in [0.5, 0.6) is 0 Å². The van der Waals surface area contributed by atoms with Gasteiger partial charge >= 0.3 is 6.18 Å². The lowest BCUT2D eigenvalue weighted by molar-refractivity contribution is -0.137. The van der Waals surface area contributed by atoms with Crippen LogP contribution in [0.2, 0.25) is 0 Å². The zero-order valence-electron chi connectivity index (χ0n) is 15.7. The summed E-state index contributed by atoms with van der Waals surface area (Å²) in [5.41, 5.74) is 1.95. The van der Waals surface area contributed by atoms with Gasteiger partial charge in [-0.15, -0.1) is 24.8 Å². The van der Waals surface area contributed by atoms with Gasteiger partial charge in [0.2, 0.25) is 0 Å². The molecule has 3 nitrogen and oxygen atoms in total. The molecule has 2 aliphatic heterocycles. The van der Waals surface area contributed by atoms with E-state index in [1.807, 2.05) is 11.0 Å². The number of hydrogen-bond donors (Lipinski definition) is 0. The molecule has 3 heterocycles. The second-order valence-electron chi connectivity index (χ2n) is 7.47. The van der Waals surface area contributed by atoms with Crippen LogP contribution in [0.1, 0.15) is 22.7 Å². The average Bonchev–Trinajstić information content (AvgIpc) is 3.12. The molecular weight excluding hydrogens is 410 g/mol. The highest BCUT2D eigenvalue weighted by Crippen LogP contribution is 2.45. The molecule has 0 radical (unpaired) electrons. The molecule has 0 saturated carbocycles. The predicted octanol–water partition coefficient (Wildman–Crippen LogP) is 4.99. The van der Waals surface area contributed by atoms with Crippen LogP contribution < -0.4 is 4.90 Å². The topological polar surface area (TPSA) is 19.4 Å². The largest absolute Gasteiger partial charge is 0.416 e. The van der Waals surface area contributed by atoms with Crippen LogP contribution in [-0.2, 0) is 6.18 Å². The first-order chi connectivity index (χ1) is 12.3. The van der Waals surface area contributed by atoms with Crippen molar-refractivity contribution in [3.8, 4) is 0 Å². The summed E-state index contributed by atoms with van der Waals surface area (Å²) in [7, 11) is 2.14. The summed E-state index contributed by atoms with van der Waals surface area (Å²) >= 11 is 0. The number of benzene rings is 1. The number of rotatable bonds is 2. The Bertz CT molecular complexity index is 815. The van der Waals surface area contributed by atoms with Crippen LogP contribution >= 0.6 is 24.8 Å². The van der Waals surface area contributed by atoms with Gasteiger partial charge in [0.05, 0.1) is 5.56 Å². The molecule has 0 amide bonds. The van der Waals surface area contributed by atoms with Gasteiger partial charge in [0.1, 0.15) is 5.82 Å². The maximum absolute atomic E-state index is 13.0. The van der Waals surface area contributed by atoms with Crippen molar-refractivity contribution in [2.75, 3.05) is 31.6 Å². The summed E-state index contributed by atoms with van der Waals surface area (Å²) in [5.74, 6) is 1.28. The Morgan fingerprint density at radius 1 is 1.04 bits per heavy atom. The van der Waals surface area contributed by atoms with E-state index in [-0.39, 0.29) is 24.8 Å². The van der Waals surface area contributed by atoms with E-state index < -0.39 is 11.7 Å². The van der Waals surface area contributed by atoms with E-state index in [0.717, 1.165) is 25.7 Å². The molecule has 0 bridgehead atoms. The molecule has 4 rings (SSSR count). The number of hydrogen-bond acceptors (Lipinski definition) is 3. The molecule has 154 valence electrons. The zero-order chi connectivity index (χ0) is 18.5. The summed E-state index contributed by atoms with van der Waals surface area (Å²) < 4.78 is 39.0. The van der Waals surface area contributed by atoms with Crippen molar-refractivity contribution >= 4 is 30.6 Å². The van der Waals surface area contributed by atoms with Crippen LogP contribution in [0.25, 0.3) is 0 Å². The second-order valence-corrected chi connectivity index (χ2v) is 7.47. The smallest absolute Gasteiger partial charge is 0.356 e. The monoisotopic (exact) mass is 433 g/mol. The van der Waals surface area contributed by atoms with Gasteiger partial charge in [0.15, 0.2) is 0 Å². The fourth-order valence-corrected chi connectivity index (χ4v) is 4.60. The molecule has 0 aliphatic carbocycles. The molecule has 1 aromatic heterocycles. The maximum Gasteiger partial charge on any atom is 0.416 e. The number of alkyl halides is 3. The summed E-state index contributed by atoms with van der Waals surface area (Å²) in [5, 5.41) is 0. The third-order valence-corrected chi connectivity index (χ3v) is 5.80. The number of fused-ring (bicyclic) bond motifs is 1. The number of halogens is 5. The lowest BCUT2D eigenvalue weighted by Crippen LogP contribution is -2.30. The van der Waals surface area contributed by atoms with E-state index in [9.17, 15) is 13.2 Å². The van der Waals surface area contributed by atoms with E-state index in [0.29, 0.717) is 23.7 Å². The minimum absolute atomic E-state index is 0. The minimum Gasteiger partial charge on any atom is -0.356 e. The van der Waals surface area contributed by atoms with E-state index in [2.05, 4.69) is 42.1 Å². The van der Waals surface area contributed by atoms with Gasteiger partial charge in [0, 0.05) is 37.8 Å². The highest BCUT2D eigenvalue weighted by Gasteiger charge is 2.47. The van der Waals surface area contributed by atoms with Gasteiger partial charge in [-0.1, -0.05) is 24.3 Å². The molecular formula is C20H24Cl2F3N3. The Morgan fingerprint density at radius 3 is 2.43 bits per heavy atom. The summed E-state index contributed by atoms with van der Waals surface area (Å²) in [6.07, 6.45) is -3.08. The first-order valence-corrected chi connectivity index (χ1v) is 8.88. The maximum atomic E-state index is 13.0. The molecule has 2 fully saturated rings. The van der Waals surface area contributed by atoms with Gasteiger partial charge in [0.25, 0.3) is 0 Å². The molecule has 1 aromatic carbocycles. The lowest BCUT2D eigenvalue weighted by Gasteiger charge is -2.28. The Labute approximate surface area is 175 Å². The fraction of sp³-hybridized carbons (Fsp3) is 0.450. The Hall–Kier alpha value is -1.50. The van der Waals surface area contributed by atoms with Gasteiger partial charge < -0.3 is 4.90 Å². The summed E-state index contributed by atoms with van der Waals surface area (Å²) in [4.78, 5) is 8.61. The van der Waals surface area contributed by atoms with Crippen molar-refractivity contribution < 1.29 is 13.2 Å². The van der Waals surface area contributed by atoms with Crippen LogP contribution in [0.3, 0.4) is 0 Å². The molecule has 8 heteroatoms. The van der Waals surface area contributed by atoms with E-state index in [1.54, 1.807) is 0 Å². The first-order valence-electron chi connectivity index (χ1n) is 8.88. The van der Waals surface area contributed by atoms with Gasteiger partial charge in [-0.25, -0.2) is 4.98 Å². The van der Waals surface area contributed by atoms with Crippen LogP contribution in [0, 0.1) is 18.8 Å². The number of nitrogens with zero attached hydrogens (tertiary/aromatic N) is 3. The SMILES string of the molecule is Cc1ccccc1[C@H]1[C@@H]2CN(c3cc(C(F)(F)F)ccn3)C[C@@H]2CN1C.Cl.Cl. The summed E-state index contributed by atoms with van der Waals surface area (Å²) in [6.45, 7) is 4.57. The molecule has 0 unspecified atom stereocenters. The molecule has 2 aliphatic rings. The highest BCUT2D eigenvalue weighted by atomic mass is 35.5. The van der Waals surface area contributed by atoms with Crippen molar-refractivity contribution in [1.82, 2.24) is 9.88 Å². The lowest BCUT2D eigenvalue weighted by atomic mass is 9.88. The van der Waals surface area contributed by atoms with Crippen LogP contribution in [0.15, 0.2) is 42.6 Å². The zero-order valence-corrected chi connectivity index (χ0v) is 17.3. The average molecular weight is 434 g/mol. The van der Waals surface area contributed by atoms with Crippen LogP contribution in [-0.4, -0.2) is 36.6 Å². The molecule has 28 heavy (non-hydrogen) atoms. The molecule has 0 N–H and O–H groups in total. The predicted molar refractivity (Wildman–Crippen MR) is 109 cm³/mol. The molecule has 2 aromatic rings. The van der Waals surface area contributed by atoms with Crippen LogP contribution in [0.4, 0.5) is 19.0 Å². The fourth-order valence-electron chi connectivity index (χ4n) is 4.60. The second kappa shape index (κ2) is 8.47. The molecule has 3 atom stereocenters. The number of anilines is 1. The molecule has 0 spiro atoms. The normalized spacial score (nSPS) is 24.5. The van der Waals surface area contributed by atoms with E-state index >= 15 is 0 Å². The highest BCUT2D eigenvalue weighted by molar-refractivity contribution is 5.85. The van der Waals surface area contributed by atoms with Crippen molar-refractivity contribution in [1.29, 1.82) is 0 Å². The number of aromatic nitrogens is 1. The Balaban J connectivity index is 0.00000140. The summed E-state index contributed by atoms with van der Waals surface area (Å²) in [6, 6.07) is 10.9. The third kappa shape index (κ3) is 4.09. The minimum atomic E-state index is -4.34. The quantitative estimate of drug-likeness (QED) is 0.664. The standard InChI is InChI=1S/C20H22F3N3.2ClH/c1-13-5-3-4-6-16(13)19-17-12-26(11-14(17)10-25(19)2)18-9-15(7-8-24-18)20(21,22)23;;/h3-9,14,17,19H,10-12H2,1-2H3;2*1H/t14-,17+,19-;;/m0../s1. The number of pyridine rings is 1. The first kappa shape index (κ1) is 22.8. The number of likely N-dealkylation sites (tertiary alicyclic amines) is 1. The van der Waals surface area contributed by atoms with Crippen molar-refractivity contribution in [3.05, 3.63) is 59.3 Å². The van der Waals surface area contributed by atoms with Crippen molar-refractivity contribution in [2.45, 2.75) is 19.1 Å². The van der Waals surface area contributed by atoms with Gasteiger partial charge in [-0.05, 0) is 43.1 Å².